The first kappa shape index (κ1) is 16.4. The third-order valence-corrected chi connectivity index (χ3v) is 4.81. The molecule has 0 spiro atoms. The van der Waals surface area contributed by atoms with Gasteiger partial charge in [-0.3, -0.25) is 0 Å². The molecule has 2 rings (SSSR count). The maximum Gasteiger partial charge on any atom is 0.131 e. The molecule has 0 aliphatic heterocycles. The van der Waals surface area contributed by atoms with Gasteiger partial charge in [0.15, 0.2) is 0 Å². The summed E-state index contributed by atoms with van der Waals surface area (Å²) in [5.74, 6) is 0.270. The van der Waals surface area contributed by atoms with Crippen molar-refractivity contribution in [2.45, 2.75) is 51.7 Å². The molecule has 0 heterocycles. The van der Waals surface area contributed by atoms with Crippen molar-refractivity contribution in [3.63, 3.8) is 0 Å². The van der Waals surface area contributed by atoms with E-state index in [0.717, 1.165) is 37.7 Å². The van der Waals surface area contributed by atoms with Crippen LogP contribution in [0.4, 0.5) is 8.78 Å². The molecule has 4 heteroatoms. The molecule has 1 aromatic rings. The molecule has 2 N–H and O–H groups in total. The Hall–Kier alpha value is -1.00. The average molecular weight is 297 g/mol. The Bertz CT molecular complexity index is 468. The highest BCUT2D eigenvalue weighted by molar-refractivity contribution is 5.17. The fraction of sp³-hybridized carbons (Fsp3) is 0.647. The lowest BCUT2D eigenvalue weighted by atomic mass is 9.74. The van der Waals surface area contributed by atoms with Gasteiger partial charge in [0.25, 0.3) is 0 Å². The summed E-state index contributed by atoms with van der Waals surface area (Å²) in [7, 11) is 0. The molecule has 1 aliphatic rings. The Morgan fingerprint density at radius 1 is 1.29 bits per heavy atom. The normalized spacial score (nSPS) is 26.3. The van der Waals surface area contributed by atoms with Gasteiger partial charge in [-0.2, -0.15) is 0 Å². The zero-order chi connectivity index (χ0) is 15.5. The molecule has 0 amide bonds. The van der Waals surface area contributed by atoms with Crippen LogP contribution in [0.15, 0.2) is 18.2 Å². The lowest BCUT2D eigenvalue weighted by Crippen LogP contribution is -2.44. The van der Waals surface area contributed by atoms with Gasteiger partial charge >= 0.3 is 0 Å². The number of halogens is 2. The van der Waals surface area contributed by atoms with Crippen LogP contribution in [0.3, 0.4) is 0 Å². The minimum atomic E-state index is -0.567. The van der Waals surface area contributed by atoms with E-state index >= 15 is 0 Å². The van der Waals surface area contributed by atoms with Gasteiger partial charge in [0, 0.05) is 18.2 Å². The van der Waals surface area contributed by atoms with E-state index in [1.54, 1.807) is 0 Å². The van der Waals surface area contributed by atoms with E-state index in [4.69, 9.17) is 10.5 Å². The van der Waals surface area contributed by atoms with Gasteiger partial charge in [0.05, 0.1) is 12.2 Å². The minimum Gasteiger partial charge on any atom is -0.369 e. The molecule has 1 aliphatic carbocycles. The monoisotopic (exact) mass is 297 g/mol. The molecule has 0 bridgehead atoms. The van der Waals surface area contributed by atoms with Gasteiger partial charge in [0.1, 0.15) is 11.6 Å². The average Bonchev–Trinajstić information content (AvgIpc) is 2.46. The largest absolute Gasteiger partial charge is 0.369 e. The minimum absolute atomic E-state index is 0.148. The molecule has 1 saturated carbocycles. The summed E-state index contributed by atoms with van der Waals surface area (Å²) < 4.78 is 32.5. The summed E-state index contributed by atoms with van der Waals surface area (Å²) in [4.78, 5) is 0. The Balaban J connectivity index is 1.97. The van der Waals surface area contributed by atoms with Crippen LogP contribution in [0.1, 0.15) is 45.1 Å². The first-order valence-corrected chi connectivity index (χ1v) is 7.74. The second-order valence-electron chi connectivity index (χ2n) is 6.49. The van der Waals surface area contributed by atoms with E-state index in [0.29, 0.717) is 18.0 Å². The van der Waals surface area contributed by atoms with Crippen molar-refractivity contribution in [2.24, 2.45) is 17.6 Å². The topological polar surface area (TPSA) is 35.2 Å². The fourth-order valence-corrected chi connectivity index (χ4v) is 3.11. The maximum atomic E-state index is 13.7. The maximum absolute atomic E-state index is 13.7. The number of hydrogen-bond acceptors (Lipinski definition) is 2. The first-order chi connectivity index (χ1) is 9.96. The third-order valence-electron chi connectivity index (χ3n) is 4.81. The molecular formula is C17H25F2NO. The Labute approximate surface area is 125 Å². The Kier molecular flexibility index (Phi) is 5.33. The molecule has 0 saturated heterocycles. The molecule has 21 heavy (non-hydrogen) atoms. The van der Waals surface area contributed by atoms with Crippen molar-refractivity contribution in [2.75, 3.05) is 6.54 Å². The SMILES string of the molecule is CC(C)C1CCC(CN)(OCc2ccc(F)cc2F)CC1. The number of benzene rings is 1. The van der Waals surface area contributed by atoms with Crippen LogP contribution in [0.2, 0.25) is 0 Å². The molecule has 1 fully saturated rings. The zero-order valence-corrected chi connectivity index (χ0v) is 12.9. The van der Waals surface area contributed by atoms with Crippen molar-refractivity contribution >= 4 is 0 Å². The molecule has 0 atom stereocenters. The second kappa shape index (κ2) is 6.84. The lowest BCUT2D eigenvalue weighted by molar-refractivity contribution is -0.0848. The summed E-state index contributed by atoms with van der Waals surface area (Å²) in [5.41, 5.74) is 5.94. The van der Waals surface area contributed by atoms with Gasteiger partial charge in [0.2, 0.25) is 0 Å². The van der Waals surface area contributed by atoms with Crippen molar-refractivity contribution in [3.8, 4) is 0 Å². The van der Waals surface area contributed by atoms with E-state index in [-0.39, 0.29) is 12.2 Å². The molecule has 1 aromatic carbocycles. The van der Waals surface area contributed by atoms with Crippen LogP contribution in [0.5, 0.6) is 0 Å². The quantitative estimate of drug-likeness (QED) is 0.890. The Morgan fingerprint density at radius 2 is 1.95 bits per heavy atom. The second-order valence-corrected chi connectivity index (χ2v) is 6.49. The van der Waals surface area contributed by atoms with E-state index < -0.39 is 11.6 Å². The van der Waals surface area contributed by atoms with Gasteiger partial charge < -0.3 is 10.5 Å². The van der Waals surface area contributed by atoms with Gasteiger partial charge in [-0.1, -0.05) is 19.9 Å². The lowest BCUT2D eigenvalue weighted by Gasteiger charge is -2.40. The van der Waals surface area contributed by atoms with E-state index in [2.05, 4.69) is 13.8 Å². The fourth-order valence-electron chi connectivity index (χ4n) is 3.11. The summed E-state index contributed by atoms with van der Waals surface area (Å²) >= 11 is 0. The highest BCUT2D eigenvalue weighted by Crippen LogP contribution is 2.38. The number of rotatable bonds is 5. The van der Waals surface area contributed by atoms with Crippen molar-refractivity contribution < 1.29 is 13.5 Å². The Morgan fingerprint density at radius 3 is 2.48 bits per heavy atom. The van der Waals surface area contributed by atoms with Crippen LogP contribution in [-0.4, -0.2) is 12.1 Å². The van der Waals surface area contributed by atoms with Crippen molar-refractivity contribution in [1.82, 2.24) is 0 Å². The number of nitrogens with two attached hydrogens (primary N) is 1. The van der Waals surface area contributed by atoms with Crippen LogP contribution < -0.4 is 5.73 Å². The van der Waals surface area contributed by atoms with Crippen LogP contribution in [-0.2, 0) is 11.3 Å². The van der Waals surface area contributed by atoms with Gasteiger partial charge in [-0.25, -0.2) is 8.78 Å². The zero-order valence-electron chi connectivity index (χ0n) is 12.9. The molecule has 2 nitrogen and oxygen atoms in total. The summed E-state index contributed by atoms with van der Waals surface area (Å²) in [5, 5.41) is 0. The molecule has 118 valence electrons. The summed E-state index contributed by atoms with van der Waals surface area (Å²) in [6.07, 6.45) is 4.02. The van der Waals surface area contributed by atoms with Crippen LogP contribution in [0.25, 0.3) is 0 Å². The predicted octanol–water partition coefficient (Wildman–Crippen LogP) is 4.03. The molecule has 0 unspecified atom stereocenters. The van der Waals surface area contributed by atoms with Crippen LogP contribution in [0, 0.1) is 23.5 Å². The molecular weight excluding hydrogens is 272 g/mol. The summed E-state index contributed by atoms with van der Waals surface area (Å²) in [6, 6.07) is 3.59. The number of ether oxygens (including phenoxy) is 1. The number of hydrogen-bond donors (Lipinski definition) is 1. The van der Waals surface area contributed by atoms with E-state index in [9.17, 15) is 8.78 Å². The smallest absolute Gasteiger partial charge is 0.131 e. The van der Waals surface area contributed by atoms with Crippen molar-refractivity contribution in [3.05, 3.63) is 35.4 Å². The predicted molar refractivity (Wildman–Crippen MR) is 79.7 cm³/mol. The third kappa shape index (κ3) is 4.01. The van der Waals surface area contributed by atoms with Crippen molar-refractivity contribution in [1.29, 1.82) is 0 Å². The van der Waals surface area contributed by atoms with E-state index in [1.165, 1.54) is 12.1 Å². The van der Waals surface area contributed by atoms with Gasteiger partial charge in [-0.15, -0.1) is 0 Å². The molecule has 0 aromatic heterocycles. The highest BCUT2D eigenvalue weighted by Gasteiger charge is 2.36. The first-order valence-electron chi connectivity index (χ1n) is 7.74. The van der Waals surface area contributed by atoms with Gasteiger partial charge in [-0.05, 0) is 43.6 Å². The molecule has 0 radical (unpaired) electrons. The standard InChI is InChI=1S/C17H25F2NO/c1-12(2)13-5-7-17(11-20,8-6-13)21-10-14-3-4-15(18)9-16(14)19/h3-4,9,12-13H,5-8,10-11,20H2,1-2H3. The van der Waals surface area contributed by atoms with Crippen LogP contribution >= 0.6 is 0 Å². The summed E-state index contributed by atoms with van der Waals surface area (Å²) in [6.45, 7) is 5.08. The van der Waals surface area contributed by atoms with E-state index in [1.807, 2.05) is 0 Å². The highest BCUT2D eigenvalue weighted by atomic mass is 19.1.